The predicted molar refractivity (Wildman–Crippen MR) is 47.9 cm³/mol. The maximum atomic E-state index is 12.4. The Morgan fingerprint density at radius 2 is 1.65 bits per heavy atom. The third-order valence-electron chi connectivity index (χ3n) is 1.94. The van der Waals surface area contributed by atoms with E-state index in [-0.39, 0.29) is 0 Å². The second-order valence-corrected chi connectivity index (χ2v) is 3.13. The van der Waals surface area contributed by atoms with Crippen molar-refractivity contribution in [3.05, 3.63) is 28.6 Å². The van der Waals surface area contributed by atoms with Crippen LogP contribution in [0.15, 0.2) is 6.07 Å². The number of pyridine rings is 1. The van der Waals surface area contributed by atoms with Gasteiger partial charge in [-0.15, -0.1) is 0 Å². The van der Waals surface area contributed by atoms with E-state index >= 15 is 0 Å². The smallest absolute Gasteiger partial charge is 0.434 e. The van der Waals surface area contributed by atoms with Crippen LogP contribution < -0.4 is 0 Å². The molecule has 0 radical (unpaired) electrons. The monoisotopic (exact) mass is 249 g/mol. The molecule has 0 atom stereocenters. The molecule has 0 aliphatic carbocycles. The summed E-state index contributed by atoms with van der Waals surface area (Å²) in [6.45, 7) is 1.06. The number of carbonyl (C=O) groups is 2. The zero-order valence-electron chi connectivity index (χ0n) is 8.37. The van der Waals surface area contributed by atoms with Crippen molar-refractivity contribution in [3.8, 4) is 0 Å². The van der Waals surface area contributed by atoms with E-state index in [1.54, 1.807) is 0 Å². The van der Waals surface area contributed by atoms with Crippen LogP contribution in [0.3, 0.4) is 0 Å². The normalized spacial score (nSPS) is 11.3. The summed E-state index contributed by atoms with van der Waals surface area (Å²) in [5.41, 5.74) is -3.75. The molecule has 1 rings (SSSR count). The highest BCUT2D eigenvalue weighted by molar-refractivity contribution is 5.95. The van der Waals surface area contributed by atoms with E-state index in [0.29, 0.717) is 6.07 Å². The summed E-state index contributed by atoms with van der Waals surface area (Å²) in [6.07, 6.45) is -4.95. The van der Waals surface area contributed by atoms with Crippen molar-refractivity contribution in [1.82, 2.24) is 4.98 Å². The number of hydrogen-bond donors (Lipinski definition) is 2. The van der Waals surface area contributed by atoms with E-state index in [1.807, 2.05) is 0 Å². The van der Waals surface area contributed by atoms with E-state index in [2.05, 4.69) is 4.98 Å². The number of hydrogen-bond acceptors (Lipinski definition) is 3. The minimum absolute atomic E-state index is 0.394. The SMILES string of the molecule is Cc1nc(C(F)(F)F)c(C(=O)O)cc1C(=O)O. The fourth-order valence-corrected chi connectivity index (χ4v) is 1.20. The molecule has 2 N–H and O–H groups in total. The highest BCUT2D eigenvalue weighted by atomic mass is 19.4. The topological polar surface area (TPSA) is 87.5 Å². The minimum atomic E-state index is -4.95. The Kier molecular flexibility index (Phi) is 3.08. The summed E-state index contributed by atoms with van der Waals surface area (Å²) in [5, 5.41) is 17.2. The molecular formula is C9H6F3NO4. The van der Waals surface area contributed by atoms with Crippen molar-refractivity contribution in [2.45, 2.75) is 13.1 Å². The van der Waals surface area contributed by atoms with Gasteiger partial charge in [0.15, 0.2) is 5.69 Å². The number of alkyl halides is 3. The van der Waals surface area contributed by atoms with Crippen LogP contribution in [0.4, 0.5) is 13.2 Å². The average Bonchev–Trinajstić information content (AvgIpc) is 2.14. The number of rotatable bonds is 2. The Balaban J connectivity index is 3.58. The highest BCUT2D eigenvalue weighted by Gasteiger charge is 2.38. The summed E-state index contributed by atoms with van der Waals surface area (Å²) in [5.74, 6) is -3.42. The quantitative estimate of drug-likeness (QED) is 0.834. The maximum absolute atomic E-state index is 12.4. The van der Waals surface area contributed by atoms with Crippen LogP contribution in [0.1, 0.15) is 32.1 Å². The van der Waals surface area contributed by atoms with Gasteiger partial charge in [0.05, 0.1) is 16.8 Å². The largest absolute Gasteiger partial charge is 0.478 e. The second-order valence-electron chi connectivity index (χ2n) is 3.13. The Morgan fingerprint density at radius 3 is 2.00 bits per heavy atom. The number of carboxylic acid groups (broad SMARTS) is 2. The first-order valence-electron chi connectivity index (χ1n) is 4.20. The molecule has 1 aromatic rings. The Bertz CT molecular complexity index is 496. The Hall–Kier alpha value is -2.12. The van der Waals surface area contributed by atoms with Crippen molar-refractivity contribution in [2.75, 3.05) is 0 Å². The summed E-state index contributed by atoms with van der Waals surface area (Å²) in [4.78, 5) is 24.3. The van der Waals surface area contributed by atoms with E-state index < -0.39 is 40.6 Å². The van der Waals surface area contributed by atoms with Crippen LogP contribution in [0.5, 0.6) is 0 Å². The van der Waals surface area contributed by atoms with Gasteiger partial charge >= 0.3 is 18.1 Å². The third kappa shape index (κ3) is 2.52. The van der Waals surface area contributed by atoms with Gasteiger partial charge < -0.3 is 10.2 Å². The molecule has 0 amide bonds. The fourth-order valence-electron chi connectivity index (χ4n) is 1.20. The zero-order chi connectivity index (χ0) is 13.4. The van der Waals surface area contributed by atoms with Crippen LogP contribution in [0.2, 0.25) is 0 Å². The molecule has 0 saturated carbocycles. The van der Waals surface area contributed by atoms with E-state index in [0.717, 1.165) is 6.92 Å². The summed E-state index contributed by atoms with van der Waals surface area (Å²) >= 11 is 0. The van der Waals surface area contributed by atoms with E-state index in [9.17, 15) is 22.8 Å². The molecule has 0 saturated heterocycles. The summed E-state index contributed by atoms with van der Waals surface area (Å²) in [7, 11) is 0. The van der Waals surface area contributed by atoms with Crippen LogP contribution >= 0.6 is 0 Å². The number of aryl methyl sites for hydroxylation is 1. The molecule has 0 unspecified atom stereocenters. The number of aromatic carboxylic acids is 2. The van der Waals surface area contributed by atoms with Crippen molar-refractivity contribution in [3.63, 3.8) is 0 Å². The van der Waals surface area contributed by atoms with Crippen LogP contribution in [-0.4, -0.2) is 27.1 Å². The fraction of sp³-hybridized carbons (Fsp3) is 0.222. The average molecular weight is 249 g/mol. The van der Waals surface area contributed by atoms with Gasteiger partial charge in [-0.1, -0.05) is 0 Å². The zero-order valence-corrected chi connectivity index (χ0v) is 8.37. The summed E-state index contributed by atoms with van der Waals surface area (Å²) in [6, 6.07) is 0.454. The van der Waals surface area contributed by atoms with Crippen molar-refractivity contribution in [2.24, 2.45) is 0 Å². The molecule has 0 aliphatic rings. The number of nitrogens with zero attached hydrogens (tertiary/aromatic N) is 1. The maximum Gasteiger partial charge on any atom is 0.434 e. The third-order valence-corrected chi connectivity index (χ3v) is 1.94. The van der Waals surface area contributed by atoms with Gasteiger partial charge in [0.1, 0.15) is 0 Å². The molecule has 0 bridgehead atoms. The molecule has 1 aromatic heterocycles. The molecule has 0 aliphatic heterocycles. The van der Waals surface area contributed by atoms with Crippen molar-refractivity contribution in [1.29, 1.82) is 0 Å². The first-order valence-corrected chi connectivity index (χ1v) is 4.20. The molecular weight excluding hydrogens is 243 g/mol. The Morgan fingerprint density at radius 1 is 1.18 bits per heavy atom. The molecule has 8 heteroatoms. The van der Waals surface area contributed by atoms with E-state index in [4.69, 9.17) is 10.2 Å². The molecule has 92 valence electrons. The molecule has 0 fully saturated rings. The van der Waals surface area contributed by atoms with Gasteiger partial charge in [-0.2, -0.15) is 13.2 Å². The van der Waals surface area contributed by atoms with Gasteiger partial charge in [0, 0.05) is 0 Å². The molecule has 17 heavy (non-hydrogen) atoms. The molecule has 0 aromatic carbocycles. The lowest BCUT2D eigenvalue weighted by Gasteiger charge is -2.11. The van der Waals surface area contributed by atoms with Gasteiger partial charge in [-0.3, -0.25) is 0 Å². The first-order chi connectivity index (χ1) is 7.64. The van der Waals surface area contributed by atoms with Crippen LogP contribution in [0, 0.1) is 6.92 Å². The van der Waals surface area contributed by atoms with Crippen LogP contribution in [0.25, 0.3) is 0 Å². The standard InChI is InChI=1S/C9H6F3NO4/c1-3-4(7(14)15)2-5(8(16)17)6(13-3)9(10,11)12/h2H,1H3,(H,14,15)(H,16,17). The lowest BCUT2D eigenvalue weighted by atomic mass is 10.1. The second kappa shape index (κ2) is 4.04. The van der Waals surface area contributed by atoms with Crippen molar-refractivity contribution >= 4 is 11.9 Å². The molecule has 0 spiro atoms. The van der Waals surface area contributed by atoms with Crippen molar-refractivity contribution < 1.29 is 33.0 Å². The van der Waals surface area contributed by atoms with Gasteiger partial charge in [-0.25, -0.2) is 14.6 Å². The molecule has 1 heterocycles. The lowest BCUT2D eigenvalue weighted by molar-refractivity contribution is -0.141. The number of carboxylic acids is 2. The first kappa shape index (κ1) is 12.9. The minimum Gasteiger partial charge on any atom is -0.478 e. The predicted octanol–water partition coefficient (Wildman–Crippen LogP) is 1.81. The number of halogens is 3. The Labute approximate surface area is 92.5 Å². The van der Waals surface area contributed by atoms with Gasteiger partial charge in [0.2, 0.25) is 0 Å². The lowest BCUT2D eigenvalue weighted by Crippen LogP contribution is -2.18. The summed E-state index contributed by atoms with van der Waals surface area (Å²) < 4.78 is 37.3. The van der Waals surface area contributed by atoms with Gasteiger partial charge in [0.25, 0.3) is 0 Å². The number of aromatic nitrogens is 1. The highest BCUT2D eigenvalue weighted by Crippen LogP contribution is 2.31. The molecule has 5 nitrogen and oxygen atoms in total. The van der Waals surface area contributed by atoms with Gasteiger partial charge in [-0.05, 0) is 13.0 Å². The van der Waals surface area contributed by atoms with E-state index in [1.165, 1.54) is 0 Å². The van der Waals surface area contributed by atoms with Crippen LogP contribution in [-0.2, 0) is 6.18 Å².